The Morgan fingerprint density at radius 3 is 2.15 bits per heavy atom. The fourth-order valence-corrected chi connectivity index (χ4v) is 9.60. The van der Waals surface area contributed by atoms with E-state index in [1.54, 1.807) is 19.2 Å². The number of aliphatic imine (C=N–C) groups is 1. The molecule has 4 aliphatic rings. The third-order valence-corrected chi connectivity index (χ3v) is 12.6. The fraction of sp³-hybridized carbons (Fsp3) is 0.377. The maximum Gasteiger partial charge on any atom is 0.261 e. The molecular formula is C53H59N5O7S. The molecule has 5 aromatic carbocycles. The van der Waals surface area contributed by atoms with Gasteiger partial charge in [0.05, 0.1) is 61.5 Å². The Bertz CT molecular complexity index is 2650. The highest BCUT2D eigenvalue weighted by Crippen LogP contribution is 2.42. The second-order valence-corrected chi connectivity index (χ2v) is 19.3. The number of carbonyl (C=O) groups is 2. The molecule has 2 amide bonds. The van der Waals surface area contributed by atoms with Crippen LogP contribution in [0, 0.1) is 6.92 Å². The van der Waals surface area contributed by atoms with Gasteiger partial charge < -0.3 is 38.8 Å². The molecule has 0 saturated carbocycles. The Kier molecular flexibility index (Phi) is 13.3. The van der Waals surface area contributed by atoms with Crippen molar-refractivity contribution >= 4 is 59.1 Å². The number of nitrogens with zero attached hydrogens (tertiary/aromatic N) is 4. The predicted octanol–water partition coefficient (Wildman–Crippen LogP) is 9.40. The van der Waals surface area contributed by atoms with Crippen molar-refractivity contribution in [2.24, 2.45) is 4.99 Å². The van der Waals surface area contributed by atoms with Gasteiger partial charge in [-0.2, -0.15) is 12.6 Å². The molecular weight excluding hydrogens is 851 g/mol. The predicted molar refractivity (Wildman–Crippen MR) is 265 cm³/mol. The number of aryl methyl sites for hydroxylation is 1. The van der Waals surface area contributed by atoms with Crippen molar-refractivity contribution in [3.8, 4) is 17.2 Å². The Morgan fingerprint density at radius 1 is 0.773 bits per heavy atom. The van der Waals surface area contributed by atoms with Crippen LogP contribution in [0.3, 0.4) is 0 Å². The molecule has 4 aliphatic heterocycles. The molecule has 0 fully saturated rings. The van der Waals surface area contributed by atoms with Crippen molar-refractivity contribution in [2.45, 2.75) is 77.0 Å². The number of benzene rings is 5. The molecule has 1 N–H and O–H groups in total. The van der Waals surface area contributed by atoms with Gasteiger partial charge in [0, 0.05) is 72.8 Å². The molecule has 12 nitrogen and oxygen atoms in total. The quantitative estimate of drug-likeness (QED) is 0.0656. The molecule has 0 bridgehead atoms. The Balaban J connectivity index is 0.982. The van der Waals surface area contributed by atoms with Gasteiger partial charge in [-0.25, -0.2) is 0 Å². The molecule has 0 saturated heterocycles. The van der Waals surface area contributed by atoms with Crippen molar-refractivity contribution in [1.82, 2.24) is 0 Å². The van der Waals surface area contributed by atoms with Crippen LogP contribution in [0.5, 0.6) is 17.2 Å². The van der Waals surface area contributed by atoms with Crippen LogP contribution in [-0.4, -0.2) is 88.0 Å². The lowest BCUT2D eigenvalue weighted by Gasteiger charge is -2.32. The van der Waals surface area contributed by atoms with Crippen molar-refractivity contribution in [3.05, 3.63) is 130 Å². The van der Waals surface area contributed by atoms with E-state index in [0.717, 1.165) is 57.8 Å². The molecule has 0 radical (unpaired) electrons. The fourth-order valence-electron chi connectivity index (χ4n) is 9.43. The van der Waals surface area contributed by atoms with Gasteiger partial charge in [0.25, 0.3) is 11.8 Å². The topological polar surface area (TPSA) is 114 Å². The molecule has 0 spiro atoms. The van der Waals surface area contributed by atoms with E-state index in [-0.39, 0.29) is 41.9 Å². The summed E-state index contributed by atoms with van der Waals surface area (Å²) in [5.41, 5.74) is 10.3. The first-order valence-corrected chi connectivity index (χ1v) is 23.4. The van der Waals surface area contributed by atoms with Gasteiger partial charge in [-0.1, -0.05) is 43.3 Å². The standard InChI is InChI=1S/C53H59N5O7S/c1-6-16-62-18-19-63-17-15-56(33-53(3,4)66)39-22-35(31-64-48-27-44-42(20-34(48)2)51(59)57-40(29-54-44)24-37-11-7-9-13-46(37)57)21-36(23-39)32-65-50-28-45-43(26-49(50)61-5)52(60)58-41(30-55-45)25-38-12-8-10-14-47(38)58/h7-14,20-23,26-28,30,40-41,54,66H,6,15-19,24-25,29,31-33H2,1-5H3/t40-,41-/m0/s1. The molecule has 0 unspecified atom stereocenters. The van der Waals surface area contributed by atoms with Crippen molar-refractivity contribution in [3.63, 3.8) is 0 Å². The molecule has 2 atom stereocenters. The number of nitrogens with one attached hydrogen (secondary N) is 1. The number of rotatable bonds is 18. The number of methoxy groups -OCH3 is 1. The lowest BCUT2D eigenvalue weighted by Crippen LogP contribution is -2.39. The number of anilines is 4. The van der Waals surface area contributed by atoms with Gasteiger partial charge in [0.2, 0.25) is 0 Å². The SMILES string of the molecule is CCCOCCOCCN(CC(C)(C)S)c1cc(COc2cc3c(cc2C)C(=O)N2c4ccccc4C[C@H]2CN3)cc(COc2cc3c(cc2OC)C(=O)N2c4ccccc4C[C@H]2C=N3)c1. The number of ether oxygens (including phenoxy) is 5. The number of thiol groups is 1. The van der Waals surface area contributed by atoms with Crippen LogP contribution >= 0.6 is 12.6 Å². The van der Waals surface area contributed by atoms with Crippen LogP contribution in [-0.2, 0) is 35.5 Å². The highest BCUT2D eigenvalue weighted by atomic mass is 32.1. The second kappa shape index (κ2) is 19.4. The molecule has 0 aromatic heterocycles. The van der Waals surface area contributed by atoms with Crippen LogP contribution in [0.1, 0.15) is 75.7 Å². The Labute approximate surface area is 393 Å². The van der Waals surface area contributed by atoms with Crippen molar-refractivity contribution in [2.75, 3.05) is 73.2 Å². The van der Waals surface area contributed by atoms with Crippen LogP contribution in [0.4, 0.5) is 28.4 Å². The van der Waals surface area contributed by atoms with E-state index < -0.39 is 0 Å². The number of hydrogen-bond donors (Lipinski definition) is 2. The third-order valence-electron chi connectivity index (χ3n) is 12.5. The van der Waals surface area contributed by atoms with Gasteiger partial charge >= 0.3 is 0 Å². The second-order valence-electron chi connectivity index (χ2n) is 18.1. The molecule has 13 heteroatoms. The smallest absolute Gasteiger partial charge is 0.261 e. The average Bonchev–Trinajstić information content (AvgIpc) is 3.80. The maximum atomic E-state index is 14.1. The first kappa shape index (κ1) is 45.1. The zero-order valence-electron chi connectivity index (χ0n) is 38.5. The zero-order chi connectivity index (χ0) is 46.0. The Hall–Kier alpha value is -6.02. The van der Waals surface area contributed by atoms with E-state index in [1.165, 1.54) is 5.56 Å². The van der Waals surface area contributed by atoms with Crippen LogP contribution in [0.25, 0.3) is 0 Å². The van der Waals surface area contributed by atoms with E-state index in [9.17, 15) is 9.59 Å². The number of fused-ring (bicyclic) bond motifs is 8. The summed E-state index contributed by atoms with van der Waals surface area (Å²) >= 11 is 4.95. The molecule has 66 heavy (non-hydrogen) atoms. The summed E-state index contributed by atoms with van der Waals surface area (Å²) in [6, 6.07) is 29.8. The minimum absolute atomic E-state index is 0.00256. The summed E-state index contributed by atoms with van der Waals surface area (Å²) in [6.45, 7) is 12.9. The van der Waals surface area contributed by atoms with Gasteiger partial charge in [0.15, 0.2) is 11.5 Å². The third kappa shape index (κ3) is 9.61. The van der Waals surface area contributed by atoms with E-state index in [1.807, 2.05) is 71.5 Å². The lowest BCUT2D eigenvalue weighted by atomic mass is 10.1. The van der Waals surface area contributed by atoms with Crippen molar-refractivity contribution in [1.29, 1.82) is 0 Å². The zero-order valence-corrected chi connectivity index (χ0v) is 39.4. The maximum absolute atomic E-state index is 14.1. The summed E-state index contributed by atoms with van der Waals surface area (Å²) < 4.78 is 30.4. The number of hydrogen-bond acceptors (Lipinski definition) is 11. The van der Waals surface area contributed by atoms with Crippen molar-refractivity contribution < 1.29 is 33.3 Å². The highest BCUT2D eigenvalue weighted by molar-refractivity contribution is 7.81. The van der Waals surface area contributed by atoms with E-state index in [4.69, 9.17) is 41.3 Å². The molecule has 0 aliphatic carbocycles. The summed E-state index contributed by atoms with van der Waals surface area (Å²) in [4.78, 5) is 39.0. The van der Waals surface area contributed by atoms with Gasteiger partial charge in [-0.3, -0.25) is 19.5 Å². The molecule has 9 rings (SSSR count). The van der Waals surface area contributed by atoms with Crippen LogP contribution in [0.2, 0.25) is 0 Å². The summed E-state index contributed by atoms with van der Waals surface area (Å²) in [6.07, 6.45) is 4.35. The number of para-hydroxylation sites is 2. The van der Waals surface area contributed by atoms with Crippen LogP contribution in [0.15, 0.2) is 96.0 Å². The first-order chi connectivity index (χ1) is 32.0. The van der Waals surface area contributed by atoms with Crippen LogP contribution < -0.4 is 34.2 Å². The normalized spacial score (nSPS) is 16.9. The largest absolute Gasteiger partial charge is 0.493 e. The Morgan fingerprint density at radius 2 is 1.44 bits per heavy atom. The molecule has 4 heterocycles. The highest BCUT2D eigenvalue weighted by Gasteiger charge is 2.38. The van der Waals surface area contributed by atoms with Gasteiger partial charge in [-0.05, 0) is 104 Å². The van der Waals surface area contributed by atoms with Gasteiger partial charge in [0.1, 0.15) is 19.0 Å². The number of amides is 2. The van der Waals surface area contributed by atoms with E-state index >= 15 is 0 Å². The first-order valence-electron chi connectivity index (χ1n) is 23.0. The summed E-state index contributed by atoms with van der Waals surface area (Å²) in [5, 5.41) is 3.57. The summed E-state index contributed by atoms with van der Waals surface area (Å²) in [5.74, 6) is 1.49. The van der Waals surface area contributed by atoms with Gasteiger partial charge in [-0.15, -0.1) is 0 Å². The van der Waals surface area contributed by atoms with E-state index in [0.29, 0.717) is 86.5 Å². The lowest BCUT2D eigenvalue weighted by molar-refractivity contribution is 0.0505. The molecule has 344 valence electrons. The monoisotopic (exact) mass is 909 g/mol. The number of carbonyl (C=O) groups excluding carboxylic acids is 2. The minimum Gasteiger partial charge on any atom is -0.493 e. The van der Waals surface area contributed by atoms with E-state index in [2.05, 4.69) is 61.3 Å². The average molecular weight is 910 g/mol. The minimum atomic E-state index is -0.321. The summed E-state index contributed by atoms with van der Waals surface area (Å²) in [7, 11) is 1.58. The molecule has 5 aromatic rings.